The number of anilines is 1. The highest BCUT2D eigenvalue weighted by Gasteiger charge is 2.11. The first kappa shape index (κ1) is 11.1. The van der Waals surface area contributed by atoms with Crippen molar-refractivity contribution < 1.29 is 13.2 Å². The van der Waals surface area contributed by atoms with E-state index >= 15 is 0 Å². The minimum absolute atomic E-state index is 0.0277. The molecule has 1 rings (SSSR count). The summed E-state index contributed by atoms with van der Waals surface area (Å²) in [4.78, 5) is -0.0277. The molecule has 6 heteroatoms. The zero-order valence-electron chi connectivity index (χ0n) is 7.53. The Kier molecular flexibility index (Phi) is 3.23. The number of nitrogen functional groups attached to an aromatic ring is 1. The molecule has 0 aliphatic heterocycles. The van der Waals surface area contributed by atoms with Crippen LogP contribution in [0, 0.1) is 0 Å². The van der Waals surface area contributed by atoms with E-state index in [1.165, 1.54) is 18.2 Å². The van der Waals surface area contributed by atoms with Gasteiger partial charge in [-0.2, -0.15) is 0 Å². The molecule has 0 fully saturated rings. The Balaban J connectivity index is 3.13. The van der Waals surface area contributed by atoms with Crippen molar-refractivity contribution in [2.45, 2.75) is 11.8 Å². The topological polar surface area (TPSA) is 69.4 Å². The SMILES string of the molecule is CCOc1ccc(S(=O)(=O)Cl)cc1N. The minimum Gasteiger partial charge on any atom is -0.492 e. The average molecular weight is 236 g/mol. The number of halogens is 1. The number of hydrogen-bond donors (Lipinski definition) is 1. The fourth-order valence-electron chi connectivity index (χ4n) is 0.965. The molecule has 0 heterocycles. The molecule has 0 unspecified atom stereocenters. The summed E-state index contributed by atoms with van der Waals surface area (Å²) in [5.74, 6) is 0.455. The summed E-state index contributed by atoms with van der Waals surface area (Å²) in [7, 11) is 1.42. The molecular formula is C8H10ClNO3S. The van der Waals surface area contributed by atoms with E-state index in [0.717, 1.165) is 0 Å². The maximum atomic E-state index is 10.9. The monoisotopic (exact) mass is 235 g/mol. The van der Waals surface area contributed by atoms with Gasteiger partial charge in [-0.3, -0.25) is 0 Å². The lowest BCUT2D eigenvalue weighted by molar-refractivity contribution is 0.342. The van der Waals surface area contributed by atoms with Gasteiger partial charge in [-0.05, 0) is 25.1 Å². The van der Waals surface area contributed by atoms with Crippen LogP contribution in [0.4, 0.5) is 5.69 Å². The summed E-state index contributed by atoms with van der Waals surface area (Å²) in [6, 6.07) is 4.10. The second kappa shape index (κ2) is 4.06. The third-order valence-electron chi connectivity index (χ3n) is 1.56. The fraction of sp³-hybridized carbons (Fsp3) is 0.250. The number of rotatable bonds is 3. The van der Waals surface area contributed by atoms with Crippen molar-refractivity contribution in [1.29, 1.82) is 0 Å². The summed E-state index contributed by atoms with van der Waals surface area (Å²) >= 11 is 0. The van der Waals surface area contributed by atoms with Crippen molar-refractivity contribution in [3.63, 3.8) is 0 Å². The molecule has 1 aromatic rings. The lowest BCUT2D eigenvalue weighted by atomic mass is 10.3. The van der Waals surface area contributed by atoms with Crippen LogP contribution in [0.2, 0.25) is 0 Å². The predicted octanol–water partition coefficient (Wildman–Crippen LogP) is 1.59. The molecule has 0 aromatic heterocycles. The molecule has 0 atom stereocenters. The number of ether oxygens (including phenoxy) is 1. The second-order valence-electron chi connectivity index (χ2n) is 2.57. The van der Waals surface area contributed by atoms with E-state index in [2.05, 4.69) is 0 Å². The van der Waals surface area contributed by atoms with Crippen LogP contribution in [0.3, 0.4) is 0 Å². The normalized spacial score (nSPS) is 11.3. The maximum Gasteiger partial charge on any atom is 0.261 e. The van der Waals surface area contributed by atoms with Crippen molar-refractivity contribution in [1.82, 2.24) is 0 Å². The van der Waals surface area contributed by atoms with Crippen LogP contribution in [0.5, 0.6) is 5.75 Å². The van der Waals surface area contributed by atoms with E-state index in [1.54, 1.807) is 0 Å². The van der Waals surface area contributed by atoms with Gasteiger partial charge < -0.3 is 10.5 Å². The first-order chi connectivity index (χ1) is 6.45. The Labute approximate surface area is 87.0 Å². The molecule has 1 aromatic carbocycles. The highest BCUT2D eigenvalue weighted by Crippen LogP contribution is 2.26. The minimum atomic E-state index is -3.72. The third kappa shape index (κ3) is 2.52. The molecule has 0 spiro atoms. The van der Waals surface area contributed by atoms with Gasteiger partial charge in [0.05, 0.1) is 17.2 Å². The van der Waals surface area contributed by atoms with Gasteiger partial charge in [-0.15, -0.1) is 0 Å². The van der Waals surface area contributed by atoms with E-state index in [0.29, 0.717) is 12.4 Å². The highest BCUT2D eigenvalue weighted by atomic mass is 35.7. The maximum absolute atomic E-state index is 10.9. The molecule has 0 radical (unpaired) electrons. The molecule has 0 saturated heterocycles. The predicted molar refractivity (Wildman–Crippen MR) is 55.1 cm³/mol. The Bertz CT molecular complexity index is 430. The lowest BCUT2D eigenvalue weighted by Gasteiger charge is -2.06. The summed E-state index contributed by atoms with van der Waals surface area (Å²) in [5.41, 5.74) is 5.81. The van der Waals surface area contributed by atoms with Crippen LogP contribution in [-0.4, -0.2) is 15.0 Å². The lowest BCUT2D eigenvalue weighted by Crippen LogP contribution is -1.99. The molecule has 14 heavy (non-hydrogen) atoms. The summed E-state index contributed by atoms with van der Waals surface area (Å²) in [6.07, 6.45) is 0. The Morgan fingerprint density at radius 1 is 1.50 bits per heavy atom. The zero-order chi connectivity index (χ0) is 10.8. The fourth-order valence-corrected chi connectivity index (χ4v) is 1.75. The van der Waals surface area contributed by atoms with Gasteiger partial charge in [0.25, 0.3) is 9.05 Å². The van der Waals surface area contributed by atoms with E-state index in [-0.39, 0.29) is 10.6 Å². The van der Waals surface area contributed by atoms with Crippen LogP contribution < -0.4 is 10.5 Å². The molecule has 4 nitrogen and oxygen atoms in total. The molecular weight excluding hydrogens is 226 g/mol. The number of nitrogens with two attached hydrogens (primary N) is 1. The van der Waals surface area contributed by atoms with Crippen molar-refractivity contribution in [3.8, 4) is 5.75 Å². The van der Waals surface area contributed by atoms with Gasteiger partial charge in [-0.1, -0.05) is 0 Å². The summed E-state index contributed by atoms with van der Waals surface area (Å²) in [6.45, 7) is 2.28. The first-order valence-electron chi connectivity index (χ1n) is 3.92. The van der Waals surface area contributed by atoms with E-state index in [4.69, 9.17) is 21.2 Å². The second-order valence-corrected chi connectivity index (χ2v) is 5.14. The molecule has 0 amide bonds. The van der Waals surface area contributed by atoms with Crippen molar-refractivity contribution in [2.75, 3.05) is 12.3 Å². The van der Waals surface area contributed by atoms with E-state index in [1.807, 2.05) is 6.92 Å². The van der Waals surface area contributed by atoms with Crippen molar-refractivity contribution >= 4 is 25.4 Å². The summed E-state index contributed by atoms with van der Waals surface area (Å²) in [5, 5.41) is 0. The molecule has 0 bridgehead atoms. The van der Waals surface area contributed by atoms with Crippen LogP contribution in [0.25, 0.3) is 0 Å². The average Bonchev–Trinajstić information content (AvgIpc) is 2.07. The molecule has 0 saturated carbocycles. The summed E-state index contributed by atoms with van der Waals surface area (Å²) < 4.78 is 27.0. The van der Waals surface area contributed by atoms with Gasteiger partial charge in [-0.25, -0.2) is 8.42 Å². The van der Waals surface area contributed by atoms with Crippen LogP contribution in [-0.2, 0) is 9.05 Å². The van der Waals surface area contributed by atoms with Crippen molar-refractivity contribution in [2.24, 2.45) is 0 Å². The van der Waals surface area contributed by atoms with Gasteiger partial charge in [0.1, 0.15) is 5.75 Å². The Hall–Kier alpha value is -0.940. The number of hydrogen-bond acceptors (Lipinski definition) is 4. The highest BCUT2D eigenvalue weighted by molar-refractivity contribution is 8.13. The molecule has 0 aliphatic rings. The molecule has 78 valence electrons. The smallest absolute Gasteiger partial charge is 0.261 e. The Morgan fingerprint density at radius 2 is 2.14 bits per heavy atom. The number of benzene rings is 1. The van der Waals surface area contributed by atoms with E-state index in [9.17, 15) is 8.42 Å². The molecule has 2 N–H and O–H groups in total. The van der Waals surface area contributed by atoms with Gasteiger partial charge in [0.2, 0.25) is 0 Å². The van der Waals surface area contributed by atoms with Gasteiger partial charge in [0.15, 0.2) is 0 Å². The van der Waals surface area contributed by atoms with Crippen molar-refractivity contribution in [3.05, 3.63) is 18.2 Å². The quantitative estimate of drug-likeness (QED) is 0.638. The van der Waals surface area contributed by atoms with Gasteiger partial charge >= 0.3 is 0 Å². The molecule has 0 aliphatic carbocycles. The third-order valence-corrected chi connectivity index (χ3v) is 2.91. The van der Waals surface area contributed by atoms with Crippen LogP contribution in [0.1, 0.15) is 6.92 Å². The zero-order valence-corrected chi connectivity index (χ0v) is 9.10. The Morgan fingerprint density at radius 3 is 2.57 bits per heavy atom. The largest absolute Gasteiger partial charge is 0.492 e. The standard InChI is InChI=1S/C8H10ClNO3S/c1-2-13-8-4-3-6(5-7(8)10)14(9,11)12/h3-5H,2,10H2,1H3. The van der Waals surface area contributed by atoms with Crippen LogP contribution in [0.15, 0.2) is 23.1 Å². The van der Waals surface area contributed by atoms with Crippen LogP contribution >= 0.6 is 10.7 Å². The van der Waals surface area contributed by atoms with Gasteiger partial charge in [0, 0.05) is 10.7 Å². The van der Waals surface area contributed by atoms with E-state index < -0.39 is 9.05 Å². The first-order valence-corrected chi connectivity index (χ1v) is 6.23.